The molecular formula is C21H21BF4S. The maximum atomic E-state index is 9.75. The van der Waals surface area contributed by atoms with Crippen molar-refractivity contribution in [2.45, 2.75) is 35.5 Å². The van der Waals surface area contributed by atoms with Crippen molar-refractivity contribution in [2.75, 3.05) is 0 Å². The zero-order valence-corrected chi connectivity index (χ0v) is 16.2. The fourth-order valence-corrected chi connectivity index (χ4v) is 4.47. The first-order chi connectivity index (χ1) is 12.6. The predicted octanol–water partition coefficient (Wildman–Crippen LogP) is 7.01. The Bertz CT molecular complexity index is 727. The zero-order valence-electron chi connectivity index (χ0n) is 15.4. The lowest BCUT2D eigenvalue weighted by atomic mass is 10.2. The van der Waals surface area contributed by atoms with E-state index in [9.17, 15) is 17.3 Å². The third-order valence-corrected chi connectivity index (χ3v) is 6.00. The first-order valence-electron chi connectivity index (χ1n) is 8.45. The van der Waals surface area contributed by atoms with Crippen molar-refractivity contribution < 1.29 is 17.3 Å². The van der Waals surface area contributed by atoms with Gasteiger partial charge in [0.25, 0.3) is 0 Å². The Labute approximate surface area is 160 Å². The molecule has 0 N–H and O–H groups in total. The summed E-state index contributed by atoms with van der Waals surface area (Å²) in [6.07, 6.45) is 0. The summed E-state index contributed by atoms with van der Waals surface area (Å²) in [6, 6.07) is 26.8. The Kier molecular flexibility index (Phi) is 7.14. The minimum Gasteiger partial charge on any atom is -0.418 e. The topological polar surface area (TPSA) is 0 Å². The Morgan fingerprint density at radius 3 is 0.852 bits per heavy atom. The zero-order chi connectivity index (χ0) is 20.0. The van der Waals surface area contributed by atoms with Crippen LogP contribution < -0.4 is 0 Å². The van der Waals surface area contributed by atoms with Gasteiger partial charge < -0.3 is 17.3 Å². The quantitative estimate of drug-likeness (QED) is 0.256. The average Bonchev–Trinajstić information content (AvgIpc) is 2.59. The smallest absolute Gasteiger partial charge is 0.418 e. The SMILES string of the molecule is Cc1ccc([S+](c2ccc(C)cc2)c2ccc(C)cc2)cc1.F[B-](F)(F)F. The van der Waals surface area contributed by atoms with Crippen LogP contribution in [0.4, 0.5) is 17.3 Å². The van der Waals surface area contributed by atoms with Crippen molar-refractivity contribution in [3.05, 3.63) is 89.5 Å². The van der Waals surface area contributed by atoms with E-state index in [0.29, 0.717) is 0 Å². The predicted molar refractivity (Wildman–Crippen MR) is 106 cm³/mol. The average molecular weight is 392 g/mol. The van der Waals surface area contributed by atoms with Gasteiger partial charge in [0, 0.05) is 0 Å². The first kappa shape index (κ1) is 21.1. The highest BCUT2D eigenvalue weighted by atomic mass is 32.2. The fourth-order valence-electron chi connectivity index (χ4n) is 2.43. The van der Waals surface area contributed by atoms with Crippen LogP contribution in [0.25, 0.3) is 0 Å². The molecule has 142 valence electrons. The molecule has 0 saturated heterocycles. The summed E-state index contributed by atoms with van der Waals surface area (Å²) < 4.78 is 39.0. The van der Waals surface area contributed by atoms with Crippen molar-refractivity contribution in [1.29, 1.82) is 0 Å². The van der Waals surface area contributed by atoms with Gasteiger partial charge in [0.15, 0.2) is 14.7 Å². The van der Waals surface area contributed by atoms with Crippen LogP contribution >= 0.6 is 0 Å². The Morgan fingerprint density at radius 1 is 0.481 bits per heavy atom. The summed E-state index contributed by atoms with van der Waals surface area (Å²) in [5, 5.41) is 0. The normalized spacial score (nSPS) is 11.1. The molecule has 0 radical (unpaired) electrons. The number of aryl methyl sites for hydroxylation is 3. The van der Waals surface area contributed by atoms with E-state index in [2.05, 4.69) is 93.6 Å². The largest absolute Gasteiger partial charge is 0.673 e. The van der Waals surface area contributed by atoms with Crippen LogP contribution in [0.15, 0.2) is 87.5 Å². The molecule has 0 aliphatic carbocycles. The highest BCUT2D eigenvalue weighted by Gasteiger charge is 2.28. The van der Waals surface area contributed by atoms with E-state index in [0.717, 1.165) is 0 Å². The summed E-state index contributed by atoms with van der Waals surface area (Å²) in [7, 11) is -6.04. The van der Waals surface area contributed by atoms with E-state index in [1.807, 2.05) is 0 Å². The third-order valence-electron chi connectivity index (χ3n) is 3.77. The number of hydrogen-bond donors (Lipinski definition) is 0. The molecule has 0 fully saturated rings. The standard InChI is InChI=1S/C21H21S.BF4/c1-16-4-10-19(11-5-16)22(20-12-6-17(2)7-13-20)21-14-8-18(3)9-15-21;2-1(3,4)5/h4-15H,1-3H3;/q+1;-1. The minimum absolute atomic E-state index is 0.0394. The number of benzene rings is 3. The molecule has 3 aromatic rings. The van der Waals surface area contributed by atoms with Gasteiger partial charge in [-0.2, -0.15) is 0 Å². The van der Waals surface area contributed by atoms with E-state index in [-0.39, 0.29) is 10.9 Å². The summed E-state index contributed by atoms with van der Waals surface area (Å²) in [6.45, 7) is 6.42. The molecule has 0 bridgehead atoms. The summed E-state index contributed by atoms with van der Waals surface area (Å²) in [5.41, 5.74) is 3.92. The summed E-state index contributed by atoms with van der Waals surface area (Å²) in [4.78, 5) is 4.12. The molecule has 0 nitrogen and oxygen atoms in total. The van der Waals surface area contributed by atoms with E-state index < -0.39 is 7.25 Å². The molecule has 0 atom stereocenters. The Hall–Kier alpha value is -2.21. The fraction of sp³-hybridized carbons (Fsp3) is 0.143. The summed E-state index contributed by atoms with van der Waals surface area (Å²) >= 11 is 0. The van der Waals surface area contributed by atoms with E-state index in [1.54, 1.807) is 0 Å². The maximum Gasteiger partial charge on any atom is 0.673 e. The van der Waals surface area contributed by atoms with Crippen LogP contribution in [0.3, 0.4) is 0 Å². The summed E-state index contributed by atoms with van der Waals surface area (Å²) in [5.74, 6) is 0. The Morgan fingerprint density at radius 2 is 0.667 bits per heavy atom. The molecule has 6 heteroatoms. The minimum atomic E-state index is -6.00. The molecule has 0 heterocycles. The number of hydrogen-bond acceptors (Lipinski definition) is 0. The molecule has 0 aliphatic rings. The van der Waals surface area contributed by atoms with Gasteiger partial charge in [0.2, 0.25) is 0 Å². The van der Waals surface area contributed by atoms with Crippen LogP contribution in [-0.4, -0.2) is 7.25 Å². The number of halogens is 4. The van der Waals surface area contributed by atoms with Gasteiger partial charge in [-0.25, -0.2) is 0 Å². The highest BCUT2D eigenvalue weighted by Crippen LogP contribution is 2.31. The van der Waals surface area contributed by atoms with E-state index in [4.69, 9.17) is 0 Å². The first-order valence-corrected chi connectivity index (χ1v) is 9.67. The van der Waals surface area contributed by atoms with Gasteiger partial charge >= 0.3 is 7.25 Å². The monoisotopic (exact) mass is 392 g/mol. The molecule has 0 amide bonds. The Balaban J connectivity index is 0.000000465. The van der Waals surface area contributed by atoms with Crippen molar-refractivity contribution in [3.63, 3.8) is 0 Å². The van der Waals surface area contributed by atoms with Crippen LogP contribution in [-0.2, 0) is 10.9 Å². The highest BCUT2D eigenvalue weighted by molar-refractivity contribution is 7.97. The van der Waals surface area contributed by atoms with Crippen molar-refractivity contribution in [3.8, 4) is 0 Å². The lowest BCUT2D eigenvalue weighted by Crippen LogP contribution is -2.04. The maximum absolute atomic E-state index is 9.75. The van der Waals surface area contributed by atoms with Gasteiger partial charge in [0.1, 0.15) is 0 Å². The molecule has 0 spiro atoms. The second-order valence-electron chi connectivity index (χ2n) is 6.24. The second kappa shape index (κ2) is 9.13. The molecule has 0 aromatic heterocycles. The third kappa shape index (κ3) is 7.14. The van der Waals surface area contributed by atoms with Crippen LogP contribution in [0, 0.1) is 20.8 Å². The van der Waals surface area contributed by atoms with Crippen LogP contribution in [0.5, 0.6) is 0 Å². The van der Waals surface area contributed by atoms with E-state index in [1.165, 1.54) is 31.4 Å². The van der Waals surface area contributed by atoms with Crippen molar-refractivity contribution in [2.24, 2.45) is 0 Å². The van der Waals surface area contributed by atoms with Gasteiger partial charge in [0.05, 0.1) is 10.9 Å². The van der Waals surface area contributed by atoms with Crippen LogP contribution in [0.2, 0.25) is 0 Å². The molecule has 3 rings (SSSR count). The van der Waals surface area contributed by atoms with Crippen molar-refractivity contribution in [1.82, 2.24) is 0 Å². The molecule has 3 aromatic carbocycles. The van der Waals surface area contributed by atoms with Gasteiger partial charge in [-0.1, -0.05) is 53.1 Å². The second-order valence-corrected chi connectivity index (χ2v) is 8.27. The van der Waals surface area contributed by atoms with E-state index >= 15 is 0 Å². The molecule has 27 heavy (non-hydrogen) atoms. The number of rotatable bonds is 3. The lowest BCUT2D eigenvalue weighted by Gasteiger charge is -2.09. The molecular weight excluding hydrogens is 371 g/mol. The van der Waals surface area contributed by atoms with Gasteiger partial charge in [-0.3, -0.25) is 0 Å². The molecule has 0 aliphatic heterocycles. The van der Waals surface area contributed by atoms with Gasteiger partial charge in [-0.15, -0.1) is 0 Å². The van der Waals surface area contributed by atoms with Crippen LogP contribution in [0.1, 0.15) is 16.7 Å². The van der Waals surface area contributed by atoms with Crippen molar-refractivity contribution >= 4 is 18.1 Å². The van der Waals surface area contributed by atoms with Gasteiger partial charge in [-0.05, 0) is 57.2 Å². The molecule has 0 saturated carbocycles. The molecule has 0 unspecified atom stereocenters. The lowest BCUT2D eigenvalue weighted by molar-refractivity contribution is 0.368.